The summed E-state index contributed by atoms with van der Waals surface area (Å²) >= 11 is 0. The molecule has 90 valence electrons. The standard InChI is InChI=1S/C11H14N4O2/c1-7-12-10(9(16)11(17)13-7)15-14-8-5-3-2-4-6-8/h2-7,9-10,12,16H,1H3,(H,13,17). The van der Waals surface area contributed by atoms with Gasteiger partial charge in [0.1, 0.15) is 0 Å². The van der Waals surface area contributed by atoms with Crippen LogP contribution >= 0.6 is 0 Å². The molecule has 6 heteroatoms. The van der Waals surface area contributed by atoms with E-state index in [0.29, 0.717) is 5.69 Å². The van der Waals surface area contributed by atoms with E-state index in [2.05, 4.69) is 20.9 Å². The van der Waals surface area contributed by atoms with Gasteiger partial charge in [0.25, 0.3) is 5.91 Å². The van der Waals surface area contributed by atoms with Crippen molar-refractivity contribution < 1.29 is 9.90 Å². The number of hydrogen-bond acceptors (Lipinski definition) is 5. The van der Waals surface area contributed by atoms with E-state index in [0.717, 1.165) is 0 Å². The molecule has 1 aromatic rings. The normalized spacial score (nSPS) is 29.3. The molecule has 1 aromatic carbocycles. The number of rotatable bonds is 2. The number of carbonyl (C=O) groups is 1. The first-order chi connectivity index (χ1) is 8.16. The Morgan fingerprint density at radius 3 is 2.71 bits per heavy atom. The van der Waals surface area contributed by atoms with Gasteiger partial charge in [-0.25, -0.2) is 0 Å². The summed E-state index contributed by atoms with van der Waals surface area (Å²) < 4.78 is 0. The number of azo groups is 1. The largest absolute Gasteiger partial charge is 0.380 e. The van der Waals surface area contributed by atoms with Crippen LogP contribution in [0.5, 0.6) is 0 Å². The van der Waals surface area contributed by atoms with Crippen molar-refractivity contribution in [1.29, 1.82) is 0 Å². The first kappa shape index (κ1) is 11.7. The van der Waals surface area contributed by atoms with Crippen molar-refractivity contribution in [3.63, 3.8) is 0 Å². The minimum atomic E-state index is -1.21. The Labute approximate surface area is 98.8 Å². The smallest absolute Gasteiger partial charge is 0.253 e. The topological polar surface area (TPSA) is 86.1 Å². The molecule has 6 nitrogen and oxygen atoms in total. The van der Waals surface area contributed by atoms with Crippen LogP contribution < -0.4 is 10.6 Å². The molecule has 0 spiro atoms. The second-order valence-electron chi connectivity index (χ2n) is 3.84. The fraction of sp³-hybridized carbons (Fsp3) is 0.364. The maximum Gasteiger partial charge on any atom is 0.253 e. The zero-order chi connectivity index (χ0) is 12.3. The van der Waals surface area contributed by atoms with Crippen molar-refractivity contribution in [2.75, 3.05) is 0 Å². The lowest BCUT2D eigenvalue weighted by atomic mass is 10.2. The predicted molar refractivity (Wildman–Crippen MR) is 61.5 cm³/mol. The van der Waals surface area contributed by atoms with E-state index in [-0.39, 0.29) is 6.17 Å². The second kappa shape index (κ2) is 5.03. The third kappa shape index (κ3) is 2.86. The molecule has 3 N–H and O–H groups in total. The lowest BCUT2D eigenvalue weighted by Crippen LogP contribution is -2.62. The molecule has 3 unspecified atom stereocenters. The molecule has 0 radical (unpaired) electrons. The van der Waals surface area contributed by atoms with Gasteiger partial charge in [0.05, 0.1) is 11.9 Å². The third-order valence-corrected chi connectivity index (χ3v) is 2.40. The van der Waals surface area contributed by atoms with Gasteiger partial charge in [0, 0.05) is 0 Å². The fourth-order valence-electron chi connectivity index (χ4n) is 1.55. The number of nitrogens with zero attached hydrogens (tertiary/aromatic N) is 2. The molecule has 1 heterocycles. The maximum absolute atomic E-state index is 11.3. The van der Waals surface area contributed by atoms with Crippen LogP contribution in [-0.2, 0) is 4.79 Å². The van der Waals surface area contributed by atoms with Crippen molar-refractivity contribution in [2.45, 2.75) is 25.4 Å². The summed E-state index contributed by atoms with van der Waals surface area (Å²) in [6.45, 7) is 1.77. The minimum Gasteiger partial charge on any atom is -0.380 e. The van der Waals surface area contributed by atoms with E-state index >= 15 is 0 Å². The van der Waals surface area contributed by atoms with Crippen LogP contribution in [0.3, 0.4) is 0 Å². The maximum atomic E-state index is 11.3. The zero-order valence-electron chi connectivity index (χ0n) is 9.37. The van der Waals surface area contributed by atoms with Gasteiger partial charge in [-0.1, -0.05) is 18.2 Å². The van der Waals surface area contributed by atoms with Gasteiger partial charge < -0.3 is 10.4 Å². The molecular weight excluding hydrogens is 220 g/mol. The first-order valence-corrected chi connectivity index (χ1v) is 5.37. The molecule has 1 saturated heterocycles. The molecule has 1 fully saturated rings. The number of aliphatic hydroxyl groups excluding tert-OH is 1. The highest BCUT2D eigenvalue weighted by atomic mass is 16.3. The molecule has 0 bridgehead atoms. The number of nitrogens with one attached hydrogen (secondary N) is 2. The molecule has 3 atom stereocenters. The first-order valence-electron chi connectivity index (χ1n) is 5.37. The molecule has 0 aliphatic carbocycles. The highest BCUT2D eigenvalue weighted by molar-refractivity contribution is 5.82. The van der Waals surface area contributed by atoms with Gasteiger partial charge in [-0.05, 0) is 19.1 Å². The molecule has 17 heavy (non-hydrogen) atoms. The van der Waals surface area contributed by atoms with Crippen molar-refractivity contribution in [3.05, 3.63) is 30.3 Å². The van der Waals surface area contributed by atoms with Gasteiger partial charge >= 0.3 is 0 Å². The molecule has 1 amide bonds. The second-order valence-corrected chi connectivity index (χ2v) is 3.84. The highest BCUT2D eigenvalue weighted by Gasteiger charge is 2.32. The van der Waals surface area contributed by atoms with E-state index in [1.807, 2.05) is 18.2 Å². The van der Waals surface area contributed by atoms with Crippen LogP contribution in [0.15, 0.2) is 40.6 Å². The fourth-order valence-corrected chi connectivity index (χ4v) is 1.55. The molecule has 0 saturated carbocycles. The number of carbonyl (C=O) groups excluding carboxylic acids is 1. The van der Waals surface area contributed by atoms with E-state index in [1.54, 1.807) is 19.1 Å². The Hall–Kier alpha value is -1.79. The predicted octanol–water partition coefficient (Wildman–Crippen LogP) is 0.523. The van der Waals surface area contributed by atoms with Crippen LogP contribution in [0.4, 0.5) is 5.69 Å². The number of aliphatic hydroxyl groups is 1. The quantitative estimate of drug-likeness (QED) is 0.652. The van der Waals surface area contributed by atoms with Gasteiger partial charge in [-0.3, -0.25) is 10.1 Å². The van der Waals surface area contributed by atoms with Crippen molar-refractivity contribution in [3.8, 4) is 0 Å². The molecule has 0 aromatic heterocycles. The van der Waals surface area contributed by atoms with Gasteiger partial charge in [-0.2, -0.15) is 10.2 Å². The summed E-state index contributed by atoms with van der Waals surface area (Å²) in [6.07, 6.45) is -2.15. The summed E-state index contributed by atoms with van der Waals surface area (Å²) in [5, 5.41) is 23.0. The summed E-state index contributed by atoms with van der Waals surface area (Å²) in [4.78, 5) is 11.3. The molecular formula is C11H14N4O2. The number of amides is 1. The van der Waals surface area contributed by atoms with Crippen LogP contribution in [0.2, 0.25) is 0 Å². The number of benzene rings is 1. The summed E-state index contributed by atoms with van der Waals surface area (Å²) in [7, 11) is 0. The minimum absolute atomic E-state index is 0.231. The Morgan fingerprint density at radius 1 is 1.29 bits per heavy atom. The average molecular weight is 234 g/mol. The van der Waals surface area contributed by atoms with Gasteiger partial charge in [-0.15, -0.1) is 0 Å². The van der Waals surface area contributed by atoms with Crippen LogP contribution in [0, 0.1) is 0 Å². The summed E-state index contributed by atoms with van der Waals surface area (Å²) in [5.41, 5.74) is 0.681. The Balaban J connectivity index is 2.07. The summed E-state index contributed by atoms with van der Waals surface area (Å²) in [6, 6.07) is 9.15. The molecule has 1 aliphatic heterocycles. The van der Waals surface area contributed by atoms with Crippen LogP contribution in [-0.4, -0.2) is 29.4 Å². The van der Waals surface area contributed by atoms with Crippen molar-refractivity contribution in [2.24, 2.45) is 10.2 Å². The zero-order valence-corrected chi connectivity index (χ0v) is 9.37. The third-order valence-electron chi connectivity index (χ3n) is 2.40. The van der Waals surface area contributed by atoms with Crippen LogP contribution in [0.25, 0.3) is 0 Å². The summed E-state index contributed by atoms with van der Waals surface area (Å²) in [5.74, 6) is -0.437. The van der Waals surface area contributed by atoms with Crippen LogP contribution in [0.1, 0.15) is 6.92 Å². The Kier molecular flexibility index (Phi) is 3.46. The van der Waals surface area contributed by atoms with Gasteiger partial charge in [0.2, 0.25) is 0 Å². The van der Waals surface area contributed by atoms with Crippen molar-refractivity contribution in [1.82, 2.24) is 10.6 Å². The molecule has 1 aliphatic rings. The Bertz CT molecular complexity index is 421. The molecule has 2 rings (SSSR count). The van der Waals surface area contributed by atoms with E-state index in [4.69, 9.17) is 0 Å². The monoisotopic (exact) mass is 234 g/mol. The van der Waals surface area contributed by atoms with E-state index in [9.17, 15) is 9.90 Å². The lowest BCUT2D eigenvalue weighted by Gasteiger charge is -2.29. The lowest BCUT2D eigenvalue weighted by molar-refractivity contribution is -0.134. The van der Waals surface area contributed by atoms with E-state index < -0.39 is 18.2 Å². The average Bonchev–Trinajstić information content (AvgIpc) is 2.33. The van der Waals surface area contributed by atoms with E-state index in [1.165, 1.54) is 0 Å². The highest BCUT2D eigenvalue weighted by Crippen LogP contribution is 2.12. The SMILES string of the molecule is CC1NC(=O)C(O)C(N=Nc2ccccc2)N1. The van der Waals surface area contributed by atoms with Gasteiger partial charge in [0.15, 0.2) is 12.3 Å². The Morgan fingerprint density at radius 2 is 2.00 bits per heavy atom. The van der Waals surface area contributed by atoms with Crippen molar-refractivity contribution >= 4 is 11.6 Å². The number of hydrogen-bond donors (Lipinski definition) is 3.